The van der Waals surface area contributed by atoms with Gasteiger partial charge in [-0.15, -0.1) is 0 Å². The number of nitrogens with one attached hydrogen (secondary N) is 1. The third kappa shape index (κ3) is 3.96. The van der Waals surface area contributed by atoms with Crippen LogP contribution in [0.1, 0.15) is 11.1 Å². The molecule has 7 heteroatoms. The van der Waals surface area contributed by atoms with Crippen molar-refractivity contribution < 1.29 is 8.42 Å². The van der Waals surface area contributed by atoms with Crippen LogP contribution < -0.4 is 4.72 Å². The minimum Gasteiger partial charge on any atom is -0.207 e. The molecule has 108 valence electrons. The van der Waals surface area contributed by atoms with Crippen molar-refractivity contribution in [2.24, 2.45) is 0 Å². The molecule has 1 N–H and O–H groups in total. The summed E-state index contributed by atoms with van der Waals surface area (Å²) in [5.74, 6) is 0. The summed E-state index contributed by atoms with van der Waals surface area (Å²) in [5, 5.41) is 9.61. The molecule has 0 aromatic heterocycles. The molecule has 0 saturated heterocycles. The topological polar surface area (TPSA) is 70.0 Å². The van der Waals surface area contributed by atoms with Gasteiger partial charge in [-0.2, -0.15) is 5.26 Å². The zero-order valence-corrected chi connectivity index (χ0v) is 13.0. The van der Waals surface area contributed by atoms with E-state index in [0.29, 0.717) is 21.2 Å². The van der Waals surface area contributed by atoms with Gasteiger partial charge in [-0.25, -0.2) is 13.1 Å². The highest BCUT2D eigenvalue weighted by Crippen LogP contribution is 2.21. The van der Waals surface area contributed by atoms with Crippen LogP contribution in [0.4, 0.5) is 0 Å². The van der Waals surface area contributed by atoms with Crippen LogP contribution in [-0.4, -0.2) is 8.42 Å². The Kier molecular flexibility index (Phi) is 4.86. The second kappa shape index (κ2) is 6.46. The van der Waals surface area contributed by atoms with Gasteiger partial charge in [0.25, 0.3) is 0 Å². The van der Waals surface area contributed by atoms with Crippen molar-refractivity contribution in [1.29, 1.82) is 5.26 Å². The molecule has 0 heterocycles. The number of benzene rings is 2. The Morgan fingerprint density at radius 2 is 1.76 bits per heavy atom. The van der Waals surface area contributed by atoms with Crippen molar-refractivity contribution in [3.8, 4) is 6.07 Å². The van der Waals surface area contributed by atoms with Crippen molar-refractivity contribution in [1.82, 2.24) is 4.72 Å². The summed E-state index contributed by atoms with van der Waals surface area (Å²) in [5.41, 5.74) is 0.980. The number of hydrogen-bond donors (Lipinski definition) is 1. The fourth-order valence-electron chi connectivity index (χ4n) is 1.64. The highest BCUT2D eigenvalue weighted by atomic mass is 35.5. The van der Waals surface area contributed by atoms with E-state index in [4.69, 9.17) is 28.5 Å². The molecular formula is C14H10Cl2N2O2S. The van der Waals surface area contributed by atoms with E-state index in [9.17, 15) is 8.42 Å². The standard InChI is InChI=1S/C14H10Cl2N2O2S/c15-12-3-6-14(16)11(7-12)9-18-21(19,20)13-4-1-10(8-17)2-5-13/h1-7,18H,9H2. The Labute approximate surface area is 133 Å². The molecule has 0 spiro atoms. The van der Waals surface area contributed by atoms with Crippen LogP contribution in [0.15, 0.2) is 47.4 Å². The van der Waals surface area contributed by atoms with E-state index >= 15 is 0 Å². The summed E-state index contributed by atoms with van der Waals surface area (Å²) >= 11 is 11.8. The minimum atomic E-state index is -3.67. The zero-order chi connectivity index (χ0) is 15.5. The molecule has 0 aliphatic heterocycles. The molecule has 0 amide bonds. The Morgan fingerprint density at radius 1 is 1.10 bits per heavy atom. The van der Waals surface area contributed by atoms with E-state index in [0.717, 1.165) is 0 Å². The molecule has 0 bridgehead atoms. The van der Waals surface area contributed by atoms with Gasteiger partial charge < -0.3 is 0 Å². The van der Waals surface area contributed by atoms with Gasteiger partial charge in [0.2, 0.25) is 10.0 Å². The van der Waals surface area contributed by atoms with Crippen molar-refractivity contribution >= 4 is 33.2 Å². The first-order valence-electron chi connectivity index (χ1n) is 5.86. The van der Waals surface area contributed by atoms with Crippen LogP contribution >= 0.6 is 23.2 Å². The second-order valence-electron chi connectivity index (χ2n) is 4.20. The summed E-state index contributed by atoms with van der Waals surface area (Å²) in [6.07, 6.45) is 0. The lowest BCUT2D eigenvalue weighted by molar-refractivity contribution is 0.581. The molecule has 2 aromatic rings. The maximum absolute atomic E-state index is 12.1. The molecule has 0 unspecified atom stereocenters. The van der Waals surface area contributed by atoms with E-state index in [1.807, 2.05) is 6.07 Å². The van der Waals surface area contributed by atoms with E-state index in [1.165, 1.54) is 24.3 Å². The smallest absolute Gasteiger partial charge is 0.207 e. The minimum absolute atomic E-state index is 0.0295. The number of sulfonamides is 1. The predicted octanol–water partition coefficient (Wildman–Crippen LogP) is 3.34. The molecule has 2 rings (SSSR count). The van der Waals surface area contributed by atoms with Gasteiger partial charge in [0, 0.05) is 16.6 Å². The molecular weight excluding hydrogens is 331 g/mol. The van der Waals surface area contributed by atoms with Crippen molar-refractivity contribution in [2.45, 2.75) is 11.4 Å². The van der Waals surface area contributed by atoms with Crippen LogP contribution in [0.5, 0.6) is 0 Å². The molecule has 0 aliphatic rings. The molecule has 0 radical (unpaired) electrons. The molecule has 21 heavy (non-hydrogen) atoms. The monoisotopic (exact) mass is 340 g/mol. The Morgan fingerprint density at radius 3 is 2.38 bits per heavy atom. The number of rotatable bonds is 4. The first kappa shape index (κ1) is 15.8. The summed E-state index contributed by atoms with van der Waals surface area (Å²) in [6.45, 7) is 0.0295. The molecule has 4 nitrogen and oxygen atoms in total. The molecule has 2 aromatic carbocycles. The first-order valence-corrected chi connectivity index (χ1v) is 8.10. The highest BCUT2D eigenvalue weighted by Gasteiger charge is 2.14. The summed E-state index contributed by atoms with van der Waals surface area (Å²) in [7, 11) is -3.67. The number of halogens is 2. The van der Waals surface area contributed by atoms with Crippen LogP contribution in [0.3, 0.4) is 0 Å². The molecule has 0 atom stereocenters. The molecule has 0 fully saturated rings. The largest absolute Gasteiger partial charge is 0.240 e. The number of hydrogen-bond acceptors (Lipinski definition) is 3. The van der Waals surface area contributed by atoms with Gasteiger partial charge in [0.05, 0.1) is 16.5 Å². The number of nitrogens with zero attached hydrogens (tertiary/aromatic N) is 1. The first-order chi connectivity index (χ1) is 9.92. The van der Waals surface area contributed by atoms with Crippen molar-refractivity contribution in [2.75, 3.05) is 0 Å². The van der Waals surface area contributed by atoms with Gasteiger partial charge in [0.15, 0.2) is 0 Å². The van der Waals surface area contributed by atoms with E-state index in [-0.39, 0.29) is 11.4 Å². The SMILES string of the molecule is N#Cc1ccc(S(=O)(=O)NCc2cc(Cl)ccc2Cl)cc1. The Balaban J connectivity index is 2.17. The quantitative estimate of drug-likeness (QED) is 0.927. The van der Waals surface area contributed by atoms with E-state index in [2.05, 4.69) is 4.72 Å². The van der Waals surface area contributed by atoms with Gasteiger partial charge in [-0.1, -0.05) is 23.2 Å². The Hall–Kier alpha value is -1.58. The maximum Gasteiger partial charge on any atom is 0.240 e. The number of nitriles is 1. The lowest BCUT2D eigenvalue weighted by Crippen LogP contribution is -2.23. The van der Waals surface area contributed by atoms with Crippen molar-refractivity contribution in [3.63, 3.8) is 0 Å². The van der Waals surface area contributed by atoms with E-state index in [1.54, 1.807) is 18.2 Å². The van der Waals surface area contributed by atoms with Gasteiger partial charge in [-0.3, -0.25) is 0 Å². The second-order valence-corrected chi connectivity index (χ2v) is 6.81. The predicted molar refractivity (Wildman–Crippen MR) is 81.6 cm³/mol. The lowest BCUT2D eigenvalue weighted by Gasteiger charge is -2.08. The van der Waals surface area contributed by atoms with Crippen LogP contribution in [-0.2, 0) is 16.6 Å². The van der Waals surface area contributed by atoms with E-state index < -0.39 is 10.0 Å². The normalized spacial score (nSPS) is 11.1. The van der Waals surface area contributed by atoms with Crippen LogP contribution in [0, 0.1) is 11.3 Å². The van der Waals surface area contributed by atoms with Gasteiger partial charge >= 0.3 is 0 Å². The zero-order valence-electron chi connectivity index (χ0n) is 10.7. The van der Waals surface area contributed by atoms with Gasteiger partial charge in [-0.05, 0) is 48.0 Å². The average molecular weight is 341 g/mol. The summed E-state index contributed by atoms with van der Waals surface area (Å²) < 4.78 is 26.7. The average Bonchev–Trinajstić information content (AvgIpc) is 2.48. The fraction of sp³-hybridized carbons (Fsp3) is 0.0714. The summed E-state index contributed by atoms with van der Waals surface area (Å²) in [4.78, 5) is 0.0830. The third-order valence-electron chi connectivity index (χ3n) is 2.75. The summed E-state index contributed by atoms with van der Waals surface area (Å²) in [6, 6.07) is 12.4. The fourth-order valence-corrected chi connectivity index (χ4v) is 3.03. The van der Waals surface area contributed by atoms with Crippen LogP contribution in [0.25, 0.3) is 0 Å². The Bertz CT molecular complexity index is 797. The van der Waals surface area contributed by atoms with Crippen molar-refractivity contribution in [3.05, 3.63) is 63.6 Å². The van der Waals surface area contributed by atoms with Crippen LogP contribution in [0.2, 0.25) is 10.0 Å². The maximum atomic E-state index is 12.1. The lowest BCUT2D eigenvalue weighted by atomic mass is 10.2. The highest BCUT2D eigenvalue weighted by molar-refractivity contribution is 7.89. The molecule has 0 aliphatic carbocycles. The molecule has 0 saturated carbocycles. The third-order valence-corrected chi connectivity index (χ3v) is 4.78. The van der Waals surface area contributed by atoms with Gasteiger partial charge in [0.1, 0.15) is 0 Å².